The summed E-state index contributed by atoms with van der Waals surface area (Å²) in [5.74, 6) is -93.4. The molecule has 0 aromatic rings. The van der Waals surface area contributed by atoms with E-state index in [4.69, 9.17) is 0 Å². The van der Waals surface area contributed by atoms with Crippen LogP contribution < -0.4 is 0 Å². The molecule has 0 bridgehead atoms. The normalized spacial score (nSPS) is 16.9. The molecule has 0 saturated carbocycles. The van der Waals surface area contributed by atoms with Gasteiger partial charge in [0.25, 0.3) is 10.0 Å². The lowest BCUT2D eigenvalue weighted by Crippen LogP contribution is -2.78. The van der Waals surface area contributed by atoms with Gasteiger partial charge in [0, 0.05) is 13.1 Å². The quantitative estimate of drug-likeness (QED) is 0.168. The maximum absolute atomic E-state index is 14.0. The van der Waals surface area contributed by atoms with Gasteiger partial charge in [-0.05, 0) is 0 Å². The van der Waals surface area contributed by atoms with Crippen molar-refractivity contribution in [1.29, 1.82) is 0 Å². The Morgan fingerprint density at radius 3 is 0.711 bits per heavy atom. The zero-order valence-electron chi connectivity index (χ0n) is 20.5. The van der Waals surface area contributed by atoms with Crippen LogP contribution in [0.25, 0.3) is 0 Å². The van der Waals surface area contributed by atoms with Crippen LogP contribution in [0.1, 0.15) is 13.8 Å². The molecule has 0 saturated heterocycles. The largest absolute Gasteiger partial charge is 0.460 e. The third kappa shape index (κ3) is 5.04. The summed E-state index contributed by atoms with van der Waals surface area (Å²) in [5.41, 5.74) is 0. The molecule has 29 heteroatoms. The zero-order valence-corrected chi connectivity index (χ0v) is 21.4. The molecule has 0 radical (unpaired) electrons. The van der Waals surface area contributed by atoms with Gasteiger partial charge in [-0.15, -0.1) is 0 Å². The lowest BCUT2D eigenvalue weighted by atomic mass is 9.85. The van der Waals surface area contributed by atoms with Crippen molar-refractivity contribution < 1.29 is 118 Å². The standard InChI is InChI=1S/C16H10F25NO2S/c1-3-42(4-2)45(43,44)16(40,41)14(35,36)12(31,32)10(27,28)8(23,24)6(19,20)5(17,18)7(21,22)9(25,26)11(29,30)13(33,34)15(37,38)39/h3-4H2,1-2H3. The molecule has 272 valence electrons. The van der Waals surface area contributed by atoms with Gasteiger partial charge < -0.3 is 0 Å². The average molecular weight is 755 g/mol. The van der Waals surface area contributed by atoms with E-state index in [1.807, 2.05) is 0 Å². The van der Waals surface area contributed by atoms with E-state index in [1.165, 1.54) is 0 Å². The van der Waals surface area contributed by atoms with Gasteiger partial charge in [0.2, 0.25) is 0 Å². The van der Waals surface area contributed by atoms with Gasteiger partial charge in [-0.3, -0.25) is 0 Å². The van der Waals surface area contributed by atoms with E-state index in [-0.39, 0.29) is 0 Å². The van der Waals surface area contributed by atoms with Crippen molar-refractivity contribution in [3.8, 4) is 0 Å². The van der Waals surface area contributed by atoms with Gasteiger partial charge in [-0.2, -0.15) is 114 Å². The van der Waals surface area contributed by atoms with E-state index < -0.39 is 98.1 Å². The maximum Gasteiger partial charge on any atom is 0.460 e. The summed E-state index contributed by atoms with van der Waals surface area (Å²) in [4.78, 5) is 0. The fourth-order valence-corrected chi connectivity index (χ4v) is 4.28. The number of nitrogens with zero attached hydrogens (tertiary/aromatic N) is 1. The van der Waals surface area contributed by atoms with Crippen LogP contribution in [0.3, 0.4) is 0 Å². The highest BCUT2D eigenvalue weighted by Gasteiger charge is 3.00. The molecular weight excluding hydrogens is 745 g/mol. The second-order valence-electron chi connectivity index (χ2n) is 8.35. The average Bonchev–Trinajstić information content (AvgIpc) is 2.82. The van der Waals surface area contributed by atoms with Crippen LogP contribution in [0, 0.1) is 0 Å². The van der Waals surface area contributed by atoms with Gasteiger partial charge in [-0.1, -0.05) is 13.8 Å². The van der Waals surface area contributed by atoms with Crippen LogP contribution >= 0.6 is 0 Å². The van der Waals surface area contributed by atoms with Crippen molar-refractivity contribution in [3.05, 3.63) is 0 Å². The molecule has 0 aliphatic heterocycles. The maximum atomic E-state index is 14.0. The van der Waals surface area contributed by atoms with Gasteiger partial charge >= 0.3 is 70.7 Å². The van der Waals surface area contributed by atoms with E-state index in [9.17, 15) is 118 Å². The summed E-state index contributed by atoms with van der Waals surface area (Å²) >= 11 is 0. The number of sulfonamides is 1. The fourth-order valence-electron chi connectivity index (χ4n) is 2.83. The molecule has 3 nitrogen and oxygen atoms in total. The molecule has 0 rings (SSSR count). The highest BCUT2D eigenvalue weighted by molar-refractivity contribution is 7.90. The highest BCUT2D eigenvalue weighted by Crippen LogP contribution is 2.68. The van der Waals surface area contributed by atoms with Crippen molar-refractivity contribution in [2.45, 2.75) is 84.5 Å². The van der Waals surface area contributed by atoms with Gasteiger partial charge in [-0.25, -0.2) is 8.42 Å². The van der Waals surface area contributed by atoms with Crippen molar-refractivity contribution >= 4 is 10.0 Å². The molecule has 0 spiro atoms. The molecule has 0 amide bonds. The second-order valence-corrected chi connectivity index (χ2v) is 10.3. The molecule has 0 aliphatic rings. The lowest BCUT2D eigenvalue weighted by molar-refractivity contribution is -0.480. The molecule has 0 heterocycles. The minimum atomic E-state index is -9.72. The van der Waals surface area contributed by atoms with Crippen LogP contribution in [0.4, 0.5) is 110 Å². The number of halogens is 25. The predicted octanol–water partition coefficient (Wildman–Crippen LogP) is 8.17. The lowest BCUT2D eigenvalue weighted by Gasteiger charge is -2.45. The third-order valence-corrected chi connectivity index (χ3v) is 7.74. The first-order chi connectivity index (χ1) is 19.0. The Kier molecular flexibility index (Phi) is 10.4. The zero-order chi connectivity index (χ0) is 37.5. The van der Waals surface area contributed by atoms with E-state index >= 15 is 0 Å². The molecular formula is C16H10F25NO2S. The van der Waals surface area contributed by atoms with Crippen molar-refractivity contribution in [2.75, 3.05) is 13.1 Å². The molecule has 0 unspecified atom stereocenters. The Morgan fingerprint density at radius 1 is 0.356 bits per heavy atom. The Hall–Kier alpha value is -1.84. The van der Waals surface area contributed by atoms with Crippen molar-refractivity contribution in [2.24, 2.45) is 0 Å². The minimum absolute atomic E-state index is 0.433. The summed E-state index contributed by atoms with van der Waals surface area (Å²) in [7, 11) is -7.51. The number of hydrogen-bond donors (Lipinski definition) is 0. The molecule has 45 heavy (non-hydrogen) atoms. The first-order valence-corrected chi connectivity index (χ1v) is 11.7. The number of hydrogen-bond acceptors (Lipinski definition) is 2. The third-order valence-electron chi connectivity index (χ3n) is 5.64. The monoisotopic (exact) mass is 755 g/mol. The minimum Gasteiger partial charge on any atom is -0.206 e. The SMILES string of the molecule is CCN(CC)S(=O)(=O)C(F)(F)C(F)(F)C(F)(F)C(F)(F)C(F)(F)C(F)(F)C(F)(F)C(F)(F)C(F)(F)C(F)(F)C(F)(F)C(F)(F)F. The van der Waals surface area contributed by atoms with Crippen molar-refractivity contribution in [3.63, 3.8) is 0 Å². The topological polar surface area (TPSA) is 37.4 Å². The molecule has 0 fully saturated rings. The van der Waals surface area contributed by atoms with Gasteiger partial charge in [0.15, 0.2) is 0 Å². The van der Waals surface area contributed by atoms with Crippen LogP contribution in [-0.4, -0.2) is 96.5 Å². The Labute approximate surface area is 231 Å². The Balaban J connectivity index is 7.53. The Morgan fingerprint density at radius 2 is 0.533 bits per heavy atom. The highest BCUT2D eigenvalue weighted by atomic mass is 32.2. The fraction of sp³-hybridized carbons (Fsp3) is 1.00. The summed E-state index contributed by atoms with van der Waals surface area (Å²) in [5, 5.41) is -7.87. The number of alkyl halides is 25. The Bertz CT molecular complexity index is 1180. The van der Waals surface area contributed by atoms with E-state index in [1.54, 1.807) is 0 Å². The molecule has 0 aromatic carbocycles. The summed E-state index contributed by atoms with van der Waals surface area (Å²) in [6, 6.07) is 0. The molecule has 0 N–H and O–H groups in total. The van der Waals surface area contributed by atoms with E-state index in [0.717, 1.165) is 0 Å². The van der Waals surface area contributed by atoms with Crippen molar-refractivity contribution in [1.82, 2.24) is 4.31 Å². The molecule has 0 aliphatic carbocycles. The first kappa shape index (κ1) is 43.2. The first-order valence-electron chi connectivity index (χ1n) is 10.2. The van der Waals surface area contributed by atoms with Crippen LogP contribution in [0.2, 0.25) is 0 Å². The van der Waals surface area contributed by atoms with Crippen LogP contribution in [0.15, 0.2) is 0 Å². The van der Waals surface area contributed by atoms with E-state index in [2.05, 4.69) is 0 Å². The van der Waals surface area contributed by atoms with E-state index in [0.29, 0.717) is 13.8 Å². The molecule has 0 atom stereocenters. The summed E-state index contributed by atoms with van der Waals surface area (Å²) < 4.78 is 358. The van der Waals surface area contributed by atoms with Gasteiger partial charge in [0.1, 0.15) is 0 Å². The summed E-state index contributed by atoms with van der Waals surface area (Å²) in [6.07, 6.45) is -8.21. The number of rotatable bonds is 14. The molecule has 0 aromatic heterocycles. The summed E-state index contributed by atoms with van der Waals surface area (Å²) in [6.45, 7) is -2.06. The smallest absolute Gasteiger partial charge is 0.206 e. The predicted molar refractivity (Wildman–Crippen MR) is 92.3 cm³/mol. The van der Waals surface area contributed by atoms with Gasteiger partial charge in [0.05, 0.1) is 0 Å². The van der Waals surface area contributed by atoms with Crippen LogP contribution in [-0.2, 0) is 10.0 Å². The van der Waals surface area contributed by atoms with Crippen LogP contribution in [0.5, 0.6) is 0 Å². The second kappa shape index (κ2) is 10.8.